The summed E-state index contributed by atoms with van der Waals surface area (Å²) in [5.74, 6) is -0.200. The van der Waals surface area contributed by atoms with Crippen LogP contribution in [-0.2, 0) is 0 Å². The second-order valence-electron chi connectivity index (χ2n) is 5.27. The lowest BCUT2D eigenvalue weighted by molar-refractivity contribution is 0.275. The van der Waals surface area contributed by atoms with Gasteiger partial charge in [-0.25, -0.2) is 4.39 Å². The highest BCUT2D eigenvalue weighted by atomic mass is 19.1. The molecule has 0 aromatic heterocycles. The summed E-state index contributed by atoms with van der Waals surface area (Å²) in [5.41, 5.74) is 7.50. The van der Waals surface area contributed by atoms with Crippen LogP contribution in [0.2, 0.25) is 0 Å². The number of rotatable bonds is 2. The molecule has 1 aromatic carbocycles. The molecule has 0 spiro atoms. The second-order valence-corrected chi connectivity index (χ2v) is 5.27. The zero-order valence-electron chi connectivity index (χ0n) is 11.4. The third kappa shape index (κ3) is 2.49. The topological polar surface area (TPSA) is 32.5 Å². The van der Waals surface area contributed by atoms with Gasteiger partial charge in [-0.1, -0.05) is 6.07 Å². The van der Waals surface area contributed by atoms with E-state index in [0.29, 0.717) is 11.6 Å². The van der Waals surface area contributed by atoms with Gasteiger partial charge in [0.05, 0.1) is 0 Å². The molecule has 1 aliphatic rings. The molecule has 1 saturated heterocycles. The number of nitrogens with zero attached hydrogens (tertiary/aromatic N) is 2. The van der Waals surface area contributed by atoms with Gasteiger partial charge in [0.1, 0.15) is 5.82 Å². The van der Waals surface area contributed by atoms with Crippen molar-refractivity contribution >= 4 is 5.69 Å². The van der Waals surface area contributed by atoms with Crippen molar-refractivity contribution < 1.29 is 4.39 Å². The van der Waals surface area contributed by atoms with Crippen molar-refractivity contribution in [3.8, 4) is 0 Å². The summed E-state index contributed by atoms with van der Waals surface area (Å²) < 4.78 is 13.9. The lowest BCUT2D eigenvalue weighted by Gasteiger charge is -2.41. The van der Waals surface area contributed by atoms with Crippen LogP contribution in [0.25, 0.3) is 0 Å². The van der Waals surface area contributed by atoms with Crippen LogP contribution in [0.15, 0.2) is 18.2 Å². The minimum absolute atomic E-state index is 0.200. The molecule has 1 aliphatic heterocycles. The highest BCUT2D eigenvalue weighted by Gasteiger charge is 2.25. The van der Waals surface area contributed by atoms with Crippen molar-refractivity contribution in [1.29, 1.82) is 0 Å². The Morgan fingerprint density at radius 1 is 1.39 bits per heavy atom. The molecule has 0 saturated carbocycles. The molecule has 0 bridgehead atoms. The fourth-order valence-electron chi connectivity index (χ4n) is 2.72. The Hall–Kier alpha value is -1.13. The molecule has 2 N–H and O–H groups in total. The van der Waals surface area contributed by atoms with Crippen molar-refractivity contribution in [2.45, 2.75) is 25.9 Å². The number of hydrogen-bond acceptors (Lipinski definition) is 3. The van der Waals surface area contributed by atoms with E-state index in [4.69, 9.17) is 5.73 Å². The Bertz CT molecular complexity index is 420. The number of hydrogen-bond donors (Lipinski definition) is 1. The van der Waals surface area contributed by atoms with Crippen LogP contribution in [0.4, 0.5) is 10.1 Å². The van der Waals surface area contributed by atoms with Crippen LogP contribution >= 0.6 is 0 Å². The average molecular weight is 251 g/mol. The van der Waals surface area contributed by atoms with Gasteiger partial charge in [-0.15, -0.1) is 0 Å². The third-order valence-corrected chi connectivity index (χ3v) is 3.63. The third-order valence-electron chi connectivity index (χ3n) is 3.63. The molecule has 1 unspecified atom stereocenters. The number of anilines is 1. The van der Waals surface area contributed by atoms with Gasteiger partial charge in [0.2, 0.25) is 0 Å². The molecule has 0 radical (unpaired) electrons. The predicted octanol–water partition coefficient (Wildman–Crippen LogP) is 1.99. The maximum Gasteiger partial charge on any atom is 0.130 e. The van der Waals surface area contributed by atoms with E-state index < -0.39 is 0 Å². The molecule has 2 rings (SSSR count). The molecular formula is C14H22FN3. The fourth-order valence-corrected chi connectivity index (χ4v) is 2.72. The first-order chi connectivity index (χ1) is 8.50. The first-order valence-electron chi connectivity index (χ1n) is 6.50. The smallest absolute Gasteiger partial charge is 0.130 e. The zero-order valence-corrected chi connectivity index (χ0v) is 11.4. The summed E-state index contributed by atoms with van der Waals surface area (Å²) in [6.07, 6.45) is 0. The summed E-state index contributed by atoms with van der Waals surface area (Å²) in [4.78, 5) is 4.56. The molecule has 1 aromatic rings. The standard InChI is InChI=1S/C14H22FN3/c1-10-9-17(3)7-8-18(10)13-6-4-5-12(15)14(13)11(2)16/h4-6,10-11H,7-9,16H2,1-3H3/t10?,11-/m1/s1. The average Bonchev–Trinajstić information content (AvgIpc) is 2.28. The van der Waals surface area contributed by atoms with Gasteiger partial charge in [0, 0.05) is 43.0 Å². The van der Waals surface area contributed by atoms with Gasteiger partial charge in [-0.2, -0.15) is 0 Å². The zero-order chi connectivity index (χ0) is 13.3. The minimum Gasteiger partial charge on any atom is -0.366 e. The largest absolute Gasteiger partial charge is 0.366 e. The summed E-state index contributed by atoms with van der Waals surface area (Å²) in [7, 11) is 2.12. The quantitative estimate of drug-likeness (QED) is 0.872. The Kier molecular flexibility index (Phi) is 3.88. The highest BCUT2D eigenvalue weighted by molar-refractivity contribution is 5.56. The van der Waals surface area contributed by atoms with Crippen LogP contribution in [0.5, 0.6) is 0 Å². The molecule has 1 fully saturated rings. The summed E-state index contributed by atoms with van der Waals surface area (Å²) in [6.45, 7) is 6.92. The number of likely N-dealkylation sites (N-methyl/N-ethyl adjacent to an activating group) is 1. The Morgan fingerprint density at radius 2 is 2.11 bits per heavy atom. The van der Waals surface area contributed by atoms with Crippen LogP contribution < -0.4 is 10.6 Å². The lowest BCUT2D eigenvalue weighted by atomic mass is 10.0. The first kappa shape index (κ1) is 13.3. The maximum atomic E-state index is 13.9. The number of benzene rings is 1. The van der Waals surface area contributed by atoms with E-state index in [0.717, 1.165) is 25.3 Å². The number of nitrogens with two attached hydrogens (primary N) is 1. The van der Waals surface area contributed by atoms with Gasteiger partial charge in [-0.05, 0) is 33.0 Å². The van der Waals surface area contributed by atoms with Crippen LogP contribution in [0, 0.1) is 5.82 Å². The van der Waals surface area contributed by atoms with Gasteiger partial charge in [-0.3, -0.25) is 0 Å². The van der Waals surface area contributed by atoms with Crippen molar-refractivity contribution in [2.24, 2.45) is 5.73 Å². The minimum atomic E-state index is -0.284. The summed E-state index contributed by atoms with van der Waals surface area (Å²) >= 11 is 0. The van der Waals surface area contributed by atoms with Crippen LogP contribution in [-0.4, -0.2) is 37.6 Å². The van der Waals surface area contributed by atoms with E-state index in [9.17, 15) is 4.39 Å². The number of piperazine rings is 1. The molecule has 18 heavy (non-hydrogen) atoms. The molecule has 1 heterocycles. The molecular weight excluding hydrogens is 229 g/mol. The van der Waals surface area contributed by atoms with Gasteiger partial charge >= 0.3 is 0 Å². The van der Waals surface area contributed by atoms with Gasteiger partial charge in [0.25, 0.3) is 0 Å². The highest BCUT2D eigenvalue weighted by Crippen LogP contribution is 2.30. The van der Waals surface area contributed by atoms with Gasteiger partial charge < -0.3 is 15.5 Å². The van der Waals surface area contributed by atoms with E-state index in [2.05, 4.69) is 23.8 Å². The summed E-state index contributed by atoms with van der Waals surface area (Å²) in [5, 5.41) is 0. The molecule has 4 heteroatoms. The van der Waals surface area contributed by atoms with Crippen LogP contribution in [0.1, 0.15) is 25.5 Å². The normalized spacial score (nSPS) is 23.2. The molecule has 0 aliphatic carbocycles. The summed E-state index contributed by atoms with van der Waals surface area (Å²) in [6, 6.07) is 5.32. The number of halogens is 1. The monoisotopic (exact) mass is 251 g/mol. The van der Waals surface area contributed by atoms with Crippen molar-refractivity contribution in [2.75, 3.05) is 31.6 Å². The van der Waals surface area contributed by atoms with E-state index >= 15 is 0 Å². The fraction of sp³-hybridized carbons (Fsp3) is 0.571. The van der Waals surface area contributed by atoms with E-state index in [1.165, 1.54) is 6.07 Å². The molecule has 2 atom stereocenters. The maximum absolute atomic E-state index is 13.9. The first-order valence-corrected chi connectivity index (χ1v) is 6.50. The van der Waals surface area contributed by atoms with Crippen molar-refractivity contribution in [1.82, 2.24) is 4.90 Å². The SMILES string of the molecule is CC1CN(C)CCN1c1cccc(F)c1[C@@H](C)N. The molecule has 0 amide bonds. The van der Waals surface area contributed by atoms with Gasteiger partial charge in [0.15, 0.2) is 0 Å². The van der Waals surface area contributed by atoms with E-state index in [1.807, 2.05) is 13.0 Å². The Balaban J connectivity index is 2.36. The predicted molar refractivity (Wildman–Crippen MR) is 73.3 cm³/mol. The van der Waals surface area contributed by atoms with Crippen LogP contribution in [0.3, 0.4) is 0 Å². The van der Waals surface area contributed by atoms with E-state index in [-0.39, 0.29) is 11.9 Å². The molecule has 3 nitrogen and oxygen atoms in total. The second kappa shape index (κ2) is 5.24. The lowest BCUT2D eigenvalue weighted by Crippen LogP contribution is -2.51. The van der Waals surface area contributed by atoms with E-state index in [1.54, 1.807) is 6.07 Å². The Morgan fingerprint density at radius 3 is 2.72 bits per heavy atom. The Labute approximate surface area is 108 Å². The van der Waals surface area contributed by atoms with Crippen molar-refractivity contribution in [3.63, 3.8) is 0 Å². The molecule has 100 valence electrons. The van der Waals surface area contributed by atoms with Crippen molar-refractivity contribution in [3.05, 3.63) is 29.6 Å².